The summed E-state index contributed by atoms with van der Waals surface area (Å²) in [6.07, 6.45) is 3.44. The van der Waals surface area contributed by atoms with E-state index in [-0.39, 0.29) is 14.1 Å². The van der Waals surface area contributed by atoms with Crippen LogP contribution in [0, 0.1) is 6.92 Å². The van der Waals surface area contributed by atoms with Gasteiger partial charge in [-0.15, -0.1) is 4.28 Å². The Morgan fingerprint density at radius 1 is 1.23 bits per heavy atom. The fourth-order valence-electron chi connectivity index (χ4n) is 2.41. The summed E-state index contributed by atoms with van der Waals surface area (Å²) in [6.45, 7) is 1.79. The molecule has 2 aliphatic rings. The van der Waals surface area contributed by atoms with Crippen LogP contribution in [0.2, 0.25) is 0 Å². The number of halogens is 3. The molecule has 3 rings (SSSR count). The van der Waals surface area contributed by atoms with Crippen LogP contribution in [0.5, 0.6) is 0 Å². The molecule has 1 aromatic rings. The molecule has 26 heavy (non-hydrogen) atoms. The van der Waals surface area contributed by atoms with Gasteiger partial charge >= 0.3 is 20.2 Å². The van der Waals surface area contributed by atoms with Crippen LogP contribution in [0.1, 0.15) is 5.56 Å². The minimum atomic E-state index is -4.30. The predicted octanol–water partition coefficient (Wildman–Crippen LogP) is 3.58. The summed E-state index contributed by atoms with van der Waals surface area (Å²) in [4.78, 5) is -0.415. The second-order valence-electron chi connectivity index (χ2n) is 5.37. The maximum atomic E-state index is 14.3. The second-order valence-corrected chi connectivity index (χ2v) is 9.77. The van der Waals surface area contributed by atoms with Crippen LogP contribution in [0.15, 0.2) is 52.0 Å². The average molecular weight is 423 g/mol. The van der Waals surface area contributed by atoms with Gasteiger partial charge in [-0.3, -0.25) is 0 Å². The van der Waals surface area contributed by atoms with Crippen LogP contribution >= 0.6 is 22.2 Å². The molecule has 2 aliphatic heterocycles. The van der Waals surface area contributed by atoms with Crippen molar-refractivity contribution < 1.29 is 30.7 Å². The van der Waals surface area contributed by atoms with E-state index in [9.17, 15) is 21.7 Å². The van der Waals surface area contributed by atoms with E-state index in [4.69, 9.17) is 4.28 Å². The minimum Gasteiger partial charge on any atom is -0.198 e. The van der Waals surface area contributed by atoms with Gasteiger partial charge in [-0.05, 0) is 43.3 Å². The quantitative estimate of drug-likeness (QED) is 0.322. The third-order valence-corrected chi connectivity index (χ3v) is 8.26. The lowest BCUT2D eigenvalue weighted by Gasteiger charge is -2.12. The van der Waals surface area contributed by atoms with Gasteiger partial charge in [0, 0.05) is 0 Å². The van der Waals surface area contributed by atoms with Gasteiger partial charge in [0.25, 0.3) is 0 Å². The Labute approximate surface area is 155 Å². The van der Waals surface area contributed by atoms with Gasteiger partial charge in [0.15, 0.2) is 0 Å². The van der Waals surface area contributed by atoms with Crippen molar-refractivity contribution in [3.63, 3.8) is 0 Å². The predicted molar refractivity (Wildman–Crippen MR) is 97.0 cm³/mol. The van der Waals surface area contributed by atoms with E-state index >= 15 is 0 Å². The van der Waals surface area contributed by atoms with Gasteiger partial charge in [0.1, 0.15) is 9.80 Å². The van der Waals surface area contributed by atoms with E-state index in [1.165, 1.54) is 18.4 Å². The Hall–Kier alpha value is -1.72. The number of benzene rings is 1. The van der Waals surface area contributed by atoms with Crippen molar-refractivity contribution >= 4 is 42.4 Å². The number of rotatable bonds is 3. The van der Waals surface area contributed by atoms with Crippen molar-refractivity contribution in [1.29, 1.82) is 0 Å². The molecule has 5 nitrogen and oxygen atoms in total. The molecule has 11 heteroatoms. The van der Waals surface area contributed by atoms with Gasteiger partial charge in [-0.1, -0.05) is 32.7 Å². The fourth-order valence-corrected chi connectivity index (χ4v) is 6.31. The number of thioether (sulfide) groups is 1. The van der Waals surface area contributed by atoms with Crippen LogP contribution in [0.3, 0.4) is 0 Å². The lowest BCUT2D eigenvalue weighted by Crippen LogP contribution is -2.28. The topological polar surface area (TPSA) is 49.6 Å². The van der Waals surface area contributed by atoms with Crippen LogP contribution in [0.4, 0.5) is 13.3 Å². The smallest absolute Gasteiger partial charge is 0.198 e. The maximum absolute atomic E-state index is 14.3. The summed E-state index contributed by atoms with van der Waals surface area (Å²) >= 11 is 1.07. The highest BCUT2D eigenvalue weighted by Crippen LogP contribution is 2.42. The van der Waals surface area contributed by atoms with Crippen LogP contribution in [-0.4, -0.2) is 40.8 Å². The SMILES string of the molecule is CSC1=S(C)C2=C(F)N(F)C=C(F)C2=[N+]1OS(=O)(=O)c1ccc(C)cc1. The van der Waals surface area contributed by atoms with E-state index in [2.05, 4.69) is 0 Å². The normalized spacial score (nSPS) is 20.5. The molecule has 0 spiro atoms. The molecular formula is C15H14F3N2O3S3+. The van der Waals surface area contributed by atoms with Crippen molar-refractivity contribution in [3.05, 3.63) is 52.7 Å². The number of aryl methyl sites for hydroxylation is 1. The standard InChI is InChI=1S/C15H14F3N2O3S3/c1-9-4-6-10(7-5-9)26(21,22)23-20-12-11(16)8-19(18)14(17)13(12)25(3)15(20)24-2/h4-8H,1-3H3/q+1. The Morgan fingerprint density at radius 2 is 1.85 bits per heavy atom. The first-order valence-electron chi connectivity index (χ1n) is 7.15. The molecule has 1 unspecified atom stereocenters. The van der Waals surface area contributed by atoms with Gasteiger partial charge < -0.3 is 0 Å². The Balaban J connectivity index is 2.15. The summed E-state index contributed by atoms with van der Waals surface area (Å²) in [7, 11) is -5.41. The van der Waals surface area contributed by atoms with Gasteiger partial charge in [0.05, 0.1) is 10.9 Å². The number of nitrogens with zero attached hydrogens (tertiary/aromatic N) is 2. The largest absolute Gasteiger partial charge is 0.396 e. The summed E-state index contributed by atoms with van der Waals surface area (Å²) < 4.78 is 73.3. The molecule has 0 N–H and O–H groups in total. The monoisotopic (exact) mass is 423 g/mol. The van der Waals surface area contributed by atoms with Gasteiger partial charge in [-0.25, -0.2) is 0 Å². The highest BCUT2D eigenvalue weighted by atomic mass is 32.2. The molecular weight excluding hydrogens is 409 g/mol. The number of hydrogen-bond acceptors (Lipinski definition) is 5. The summed E-state index contributed by atoms with van der Waals surface area (Å²) in [6, 6.07) is 5.88. The Bertz CT molecular complexity index is 1010. The van der Waals surface area contributed by atoms with E-state index in [1.807, 2.05) is 0 Å². The number of allylic oxidation sites excluding steroid dienone is 2. The first-order valence-corrected chi connectivity index (χ1v) is 11.4. The van der Waals surface area contributed by atoms with E-state index in [1.54, 1.807) is 25.3 Å². The number of fused-ring (bicyclic) bond motifs is 1. The van der Waals surface area contributed by atoms with E-state index in [0.29, 0.717) is 6.20 Å². The van der Waals surface area contributed by atoms with Crippen molar-refractivity contribution in [2.24, 2.45) is 0 Å². The molecule has 1 aromatic carbocycles. The highest BCUT2D eigenvalue weighted by molar-refractivity contribution is 8.35. The molecule has 0 fully saturated rings. The average Bonchev–Trinajstić information content (AvgIpc) is 2.84. The number of hydrogen-bond donors (Lipinski definition) is 0. The zero-order chi connectivity index (χ0) is 19.2. The van der Waals surface area contributed by atoms with Crippen molar-refractivity contribution in [2.75, 3.05) is 12.5 Å². The zero-order valence-corrected chi connectivity index (χ0v) is 16.3. The fraction of sp³-hybridized carbons (Fsp3) is 0.200. The molecule has 0 bridgehead atoms. The van der Waals surface area contributed by atoms with E-state index in [0.717, 1.165) is 22.1 Å². The summed E-state index contributed by atoms with van der Waals surface area (Å²) in [5.41, 5.74) is 0.407. The first kappa shape index (κ1) is 19.1. The van der Waals surface area contributed by atoms with Crippen molar-refractivity contribution in [2.45, 2.75) is 11.8 Å². The molecule has 1 atom stereocenters. The van der Waals surface area contributed by atoms with Crippen molar-refractivity contribution in [3.8, 4) is 0 Å². The number of hydroxylamine groups is 1. The third kappa shape index (κ3) is 3.08. The molecule has 0 aliphatic carbocycles. The molecule has 0 saturated carbocycles. The van der Waals surface area contributed by atoms with E-state index < -0.39 is 43.2 Å². The maximum Gasteiger partial charge on any atom is 0.396 e. The lowest BCUT2D eigenvalue weighted by molar-refractivity contribution is -0.648. The van der Waals surface area contributed by atoms with Gasteiger partial charge in [-0.2, -0.15) is 22.3 Å². The Morgan fingerprint density at radius 3 is 2.42 bits per heavy atom. The first-order chi connectivity index (χ1) is 12.2. The van der Waals surface area contributed by atoms with Crippen molar-refractivity contribution in [1.82, 2.24) is 5.12 Å². The molecule has 0 radical (unpaired) electrons. The molecule has 0 saturated heterocycles. The van der Waals surface area contributed by atoms with Gasteiger partial charge in [0.2, 0.25) is 11.8 Å². The summed E-state index contributed by atoms with van der Waals surface area (Å²) in [5.74, 6) is -2.43. The Kier molecular flexibility index (Phi) is 4.97. The highest BCUT2D eigenvalue weighted by Gasteiger charge is 2.48. The second kappa shape index (κ2) is 6.78. The molecule has 0 aromatic heterocycles. The zero-order valence-electron chi connectivity index (χ0n) is 13.9. The molecule has 2 heterocycles. The molecule has 0 amide bonds. The van der Waals surface area contributed by atoms with Crippen LogP contribution < -0.4 is 0 Å². The lowest BCUT2D eigenvalue weighted by atomic mass is 10.2. The van der Waals surface area contributed by atoms with Crippen LogP contribution in [0.25, 0.3) is 0 Å². The third-order valence-electron chi connectivity index (χ3n) is 3.64. The van der Waals surface area contributed by atoms with Crippen LogP contribution in [-0.2, 0) is 14.4 Å². The summed E-state index contributed by atoms with van der Waals surface area (Å²) in [5, 5.41) is -0.465. The molecule has 140 valence electrons. The minimum absolute atomic E-state index is 0.134.